The van der Waals surface area contributed by atoms with Crippen LogP contribution in [0, 0.1) is 6.92 Å². The highest BCUT2D eigenvalue weighted by Gasteiger charge is 2.16. The average Bonchev–Trinajstić information content (AvgIpc) is 2.60. The molecule has 0 aliphatic carbocycles. The van der Waals surface area contributed by atoms with E-state index >= 15 is 0 Å². The van der Waals surface area contributed by atoms with Crippen molar-refractivity contribution in [2.45, 2.75) is 33.0 Å². The van der Waals surface area contributed by atoms with Crippen LogP contribution in [0.4, 0.5) is 10.5 Å². The number of hydrogen-bond donors (Lipinski definition) is 2. The predicted molar refractivity (Wildman–Crippen MR) is 104 cm³/mol. The van der Waals surface area contributed by atoms with E-state index in [1.807, 2.05) is 37.3 Å². The van der Waals surface area contributed by atoms with Gasteiger partial charge in [0.15, 0.2) is 0 Å². The summed E-state index contributed by atoms with van der Waals surface area (Å²) in [6.45, 7) is 8.25. The number of carbonyl (C=O) groups is 1. The smallest absolute Gasteiger partial charge is 0.319 e. The van der Waals surface area contributed by atoms with Gasteiger partial charge in [0.1, 0.15) is 0 Å². The largest absolute Gasteiger partial charge is 0.376 e. The fourth-order valence-corrected chi connectivity index (χ4v) is 3.21. The van der Waals surface area contributed by atoms with Crippen LogP contribution in [0.2, 0.25) is 0 Å². The van der Waals surface area contributed by atoms with E-state index < -0.39 is 0 Å². The molecule has 0 bridgehead atoms. The number of morpholine rings is 1. The van der Waals surface area contributed by atoms with Crippen LogP contribution in [0.3, 0.4) is 0 Å². The van der Waals surface area contributed by atoms with Crippen molar-refractivity contribution in [2.75, 3.05) is 25.0 Å². The lowest BCUT2D eigenvalue weighted by molar-refractivity contribution is -0.0212. The first-order chi connectivity index (χ1) is 12.6. The van der Waals surface area contributed by atoms with Crippen LogP contribution in [0.15, 0.2) is 48.5 Å². The van der Waals surface area contributed by atoms with Gasteiger partial charge in [0.25, 0.3) is 0 Å². The zero-order valence-corrected chi connectivity index (χ0v) is 15.5. The van der Waals surface area contributed by atoms with E-state index in [2.05, 4.69) is 40.7 Å². The summed E-state index contributed by atoms with van der Waals surface area (Å²) >= 11 is 0. The van der Waals surface area contributed by atoms with Gasteiger partial charge in [-0.15, -0.1) is 0 Å². The first kappa shape index (κ1) is 18.4. The molecule has 5 nitrogen and oxygen atoms in total. The molecule has 0 aromatic heterocycles. The Morgan fingerprint density at radius 3 is 2.81 bits per heavy atom. The molecule has 1 atom stereocenters. The van der Waals surface area contributed by atoms with Gasteiger partial charge in [-0.25, -0.2) is 4.79 Å². The number of benzene rings is 2. The van der Waals surface area contributed by atoms with Crippen LogP contribution in [-0.4, -0.2) is 36.7 Å². The van der Waals surface area contributed by atoms with Crippen molar-refractivity contribution < 1.29 is 9.53 Å². The van der Waals surface area contributed by atoms with E-state index in [-0.39, 0.29) is 6.03 Å². The van der Waals surface area contributed by atoms with E-state index in [0.717, 1.165) is 43.1 Å². The third-order valence-electron chi connectivity index (χ3n) is 4.45. The highest BCUT2D eigenvalue weighted by molar-refractivity contribution is 5.89. The Morgan fingerprint density at radius 1 is 1.19 bits per heavy atom. The van der Waals surface area contributed by atoms with Gasteiger partial charge in [0.2, 0.25) is 0 Å². The zero-order valence-electron chi connectivity index (χ0n) is 15.5. The van der Waals surface area contributed by atoms with Gasteiger partial charge >= 0.3 is 6.03 Å². The lowest BCUT2D eigenvalue weighted by Crippen LogP contribution is -2.40. The van der Waals surface area contributed by atoms with Crippen LogP contribution in [-0.2, 0) is 17.8 Å². The predicted octanol–water partition coefficient (Wildman–Crippen LogP) is 3.54. The molecule has 2 aromatic rings. The number of nitrogens with one attached hydrogen (secondary N) is 2. The molecular formula is C21H27N3O2. The maximum Gasteiger partial charge on any atom is 0.319 e. The maximum absolute atomic E-state index is 12.1. The van der Waals surface area contributed by atoms with E-state index in [1.54, 1.807) is 0 Å². The number of anilines is 1. The molecule has 1 saturated heterocycles. The molecule has 0 spiro atoms. The number of carbonyl (C=O) groups excluding carboxylic acids is 1. The van der Waals surface area contributed by atoms with Crippen molar-refractivity contribution in [2.24, 2.45) is 0 Å². The van der Waals surface area contributed by atoms with E-state index in [4.69, 9.17) is 4.74 Å². The highest BCUT2D eigenvalue weighted by atomic mass is 16.5. The summed E-state index contributed by atoms with van der Waals surface area (Å²) in [6, 6.07) is 16.0. The van der Waals surface area contributed by atoms with Crippen LogP contribution >= 0.6 is 0 Å². The number of amides is 2. The third kappa shape index (κ3) is 5.58. The normalized spacial score (nSPS) is 17.7. The summed E-state index contributed by atoms with van der Waals surface area (Å²) in [6.07, 6.45) is 0.291. The molecule has 26 heavy (non-hydrogen) atoms. The SMILES string of the molecule is Cc1cccc(NC(=O)NCc2cccc(CN3CCOC(C)C3)c2)c1. The zero-order chi connectivity index (χ0) is 18.4. The average molecular weight is 353 g/mol. The lowest BCUT2D eigenvalue weighted by atomic mass is 10.1. The van der Waals surface area contributed by atoms with Crippen molar-refractivity contribution in [1.29, 1.82) is 0 Å². The van der Waals surface area contributed by atoms with Crippen molar-refractivity contribution in [3.05, 3.63) is 65.2 Å². The van der Waals surface area contributed by atoms with Gasteiger partial charge in [0.05, 0.1) is 12.7 Å². The number of hydrogen-bond acceptors (Lipinski definition) is 3. The summed E-state index contributed by atoms with van der Waals surface area (Å²) < 4.78 is 5.59. The number of aryl methyl sites for hydroxylation is 1. The fourth-order valence-electron chi connectivity index (χ4n) is 3.21. The lowest BCUT2D eigenvalue weighted by Gasteiger charge is -2.31. The Balaban J connectivity index is 1.51. The summed E-state index contributed by atoms with van der Waals surface area (Å²) in [5.74, 6) is 0. The second kappa shape index (κ2) is 8.83. The van der Waals surface area contributed by atoms with Gasteiger partial charge in [0, 0.05) is 31.9 Å². The molecule has 2 aromatic carbocycles. The van der Waals surface area contributed by atoms with E-state index in [9.17, 15) is 4.79 Å². The molecule has 1 unspecified atom stereocenters. The van der Waals surface area contributed by atoms with Crippen LogP contribution in [0.1, 0.15) is 23.6 Å². The summed E-state index contributed by atoms with van der Waals surface area (Å²) in [4.78, 5) is 14.5. The molecule has 1 fully saturated rings. The second-order valence-electron chi connectivity index (χ2n) is 6.91. The quantitative estimate of drug-likeness (QED) is 0.864. The minimum Gasteiger partial charge on any atom is -0.376 e. The maximum atomic E-state index is 12.1. The van der Waals surface area contributed by atoms with Crippen molar-refractivity contribution >= 4 is 11.7 Å². The third-order valence-corrected chi connectivity index (χ3v) is 4.45. The van der Waals surface area contributed by atoms with Crippen LogP contribution in [0.5, 0.6) is 0 Å². The fraction of sp³-hybridized carbons (Fsp3) is 0.381. The molecule has 1 heterocycles. The van der Waals surface area contributed by atoms with Crippen molar-refractivity contribution in [1.82, 2.24) is 10.2 Å². The molecule has 138 valence electrons. The summed E-state index contributed by atoms with van der Waals surface area (Å²) in [7, 11) is 0. The number of nitrogens with zero attached hydrogens (tertiary/aromatic N) is 1. The van der Waals surface area contributed by atoms with E-state index in [1.165, 1.54) is 5.56 Å². The van der Waals surface area contributed by atoms with E-state index in [0.29, 0.717) is 12.6 Å². The van der Waals surface area contributed by atoms with Gasteiger partial charge in [-0.05, 0) is 42.7 Å². The standard InChI is InChI=1S/C21H27N3O2/c1-16-5-3-8-20(11-16)23-21(25)22-13-18-6-4-7-19(12-18)15-24-9-10-26-17(2)14-24/h3-8,11-12,17H,9-10,13-15H2,1-2H3,(H2,22,23,25). The van der Waals surface area contributed by atoms with Crippen molar-refractivity contribution in [3.63, 3.8) is 0 Å². The Hall–Kier alpha value is -2.37. The Kier molecular flexibility index (Phi) is 6.26. The molecule has 0 saturated carbocycles. The number of urea groups is 1. The monoisotopic (exact) mass is 353 g/mol. The second-order valence-corrected chi connectivity index (χ2v) is 6.91. The highest BCUT2D eigenvalue weighted by Crippen LogP contribution is 2.13. The summed E-state index contributed by atoms with van der Waals surface area (Å²) in [5.41, 5.74) is 4.28. The molecule has 2 amide bonds. The minimum atomic E-state index is -0.192. The Morgan fingerprint density at radius 2 is 2.00 bits per heavy atom. The number of ether oxygens (including phenoxy) is 1. The molecule has 0 radical (unpaired) electrons. The molecular weight excluding hydrogens is 326 g/mol. The Bertz CT molecular complexity index is 748. The first-order valence-corrected chi connectivity index (χ1v) is 9.12. The van der Waals surface area contributed by atoms with Crippen LogP contribution in [0.25, 0.3) is 0 Å². The molecule has 5 heteroatoms. The first-order valence-electron chi connectivity index (χ1n) is 9.12. The van der Waals surface area contributed by atoms with Gasteiger partial charge in [-0.3, -0.25) is 4.90 Å². The minimum absolute atomic E-state index is 0.192. The van der Waals surface area contributed by atoms with Crippen molar-refractivity contribution in [3.8, 4) is 0 Å². The molecule has 1 aliphatic heterocycles. The van der Waals surface area contributed by atoms with Gasteiger partial charge < -0.3 is 15.4 Å². The van der Waals surface area contributed by atoms with Gasteiger partial charge in [-0.1, -0.05) is 36.4 Å². The molecule has 3 rings (SSSR count). The Labute approximate surface area is 155 Å². The van der Waals surface area contributed by atoms with Crippen LogP contribution < -0.4 is 10.6 Å². The summed E-state index contributed by atoms with van der Waals surface area (Å²) in [5, 5.41) is 5.79. The molecule has 1 aliphatic rings. The van der Waals surface area contributed by atoms with Gasteiger partial charge in [-0.2, -0.15) is 0 Å². The molecule has 2 N–H and O–H groups in total. The number of rotatable bonds is 5. The topological polar surface area (TPSA) is 53.6 Å².